The van der Waals surface area contributed by atoms with Crippen LogP contribution in [-0.2, 0) is 6.42 Å². The van der Waals surface area contributed by atoms with E-state index in [-0.39, 0.29) is 0 Å². The van der Waals surface area contributed by atoms with Gasteiger partial charge in [0.15, 0.2) is 12.4 Å². The Labute approximate surface area is 117 Å². The highest BCUT2D eigenvalue weighted by molar-refractivity contribution is 7.80. The molecule has 0 aliphatic heterocycles. The number of aromatic nitrogens is 3. The summed E-state index contributed by atoms with van der Waals surface area (Å²) in [6, 6.07) is 12.4. The van der Waals surface area contributed by atoms with Gasteiger partial charge >= 0.3 is 0 Å². The topological polar surface area (TPSA) is 42.8 Å². The van der Waals surface area contributed by atoms with E-state index in [1.165, 1.54) is 5.56 Å². The van der Waals surface area contributed by atoms with Crippen molar-refractivity contribution in [3.8, 4) is 0 Å². The normalized spacial score (nSPS) is 12.7. The van der Waals surface area contributed by atoms with Crippen molar-refractivity contribution in [2.24, 2.45) is 0 Å². The summed E-state index contributed by atoms with van der Waals surface area (Å²) in [5.41, 5.74) is 3.35. The Kier molecular flexibility index (Phi) is 3.51. The molecule has 0 radical (unpaired) electrons. The molecule has 4 heteroatoms. The number of nitrogens with one attached hydrogen (secondary N) is 2. The molecule has 1 aromatic carbocycles. The number of aromatic amines is 2. The van der Waals surface area contributed by atoms with Gasteiger partial charge in [-0.15, -0.1) is 0 Å². The first-order valence-electron chi connectivity index (χ1n) is 6.37. The van der Waals surface area contributed by atoms with Gasteiger partial charge in [0.05, 0.1) is 0 Å². The number of thiol groups is 1. The average molecular weight is 270 g/mol. The van der Waals surface area contributed by atoms with Gasteiger partial charge in [0.25, 0.3) is 0 Å². The fraction of sp³-hybridized carbons (Fsp3) is 0.200. The molecule has 3 nitrogen and oxygen atoms in total. The second-order valence-corrected chi connectivity index (χ2v) is 5.00. The number of hydrogen-bond acceptors (Lipinski definition) is 2. The van der Waals surface area contributed by atoms with Gasteiger partial charge in [0.1, 0.15) is 16.9 Å². The smallest absolute Gasteiger partial charge is 0.193 e. The number of nitrogens with zero attached hydrogens (tertiary/aromatic N) is 1. The molecule has 2 N–H and O–H groups in total. The van der Waals surface area contributed by atoms with E-state index >= 15 is 0 Å². The van der Waals surface area contributed by atoms with Crippen LogP contribution in [0.5, 0.6) is 0 Å². The number of hydrogen-bond donors (Lipinski definition) is 2. The molecule has 0 aliphatic carbocycles. The van der Waals surface area contributed by atoms with Gasteiger partial charge in [-0.3, -0.25) is 0 Å². The van der Waals surface area contributed by atoms with Crippen LogP contribution in [0.3, 0.4) is 0 Å². The van der Waals surface area contributed by atoms with Crippen molar-refractivity contribution in [1.82, 2.24) is 9.97 Å². The monoisotopic (exact) mass is 270 g/mol. The first-order chi connectivity index (χ1) is 9.36. The molecular formula is C15H16N3S+. The summed E-state index contributed by atoms with van der Waals surface area (Å²) in [7, 11) is 0. The molecule has 2 heterocycles. The molecule has 3 aromatic rings. The molecule has 0 saturated carbocycles. The van der Waals surface area contributed by atoms with Gasteiger partial charge in [-0.25, -0.2) is 9.97 Å². The van der Waals surface area contributed by atoms with Crippen molar-refractivity contribution in [1.29, 1.82) is 0 Å². The molecule has 0 aliphatic rings. The molecule has 1 atom stereocenters. The van der Waals surface area contributed by atoms with E-state index in [9.17, 15) is 0 Å². The van der Waals surface area contributed by atoms with E-state index in [0.29, 0.717) is 5.92 Å². The Morgan fingerprint density at radius 2 is 2.05 bits per heavy atom. The second kappa shape index (κ2) is 5.45. The predicted molar refractivity (Wildman–Crippen MR) is 79.4 cm³/mol. The SMILES string of the molecule is SC[C@@H](Cc1ccccc1)c1nc2cc[nH+]cc2[nH]1. The first-order valence-corrected chi connectivity index (χ1v) is 7.00. The average Bonchev–Trinajstić information content (AvgIpc) is 2.89. The Morgan fingerprint density at radius 1 is 1.21 bits per heavy atom. The van der Waals surface area contributed by atoms with E-state index in [2.05, 4.69) is 51.8 Å². The highest BCUT2D eigenvalue weighted by atomic mass is 32.1. The fourth-order valence-electron chi connectivity index (χ4n) is 2.26. The molecular weight excluding hydrogens is 254 g/mol. The Morgan fingerprint density at radius 3 is 2.79 bits per heavy atom. The predicted octanol–water partition coefficient (Wildman–Crippen LogP) is 2.63. The standard InChI is InChI=1S/C15H15N3S/c19-10-12(8-11-4-2-1-3-5-11)15-17-13-6-7-16-9-14(13)18-15/h1-7,9,12,19H,8,10H2,(H,17,18)/p+1/t12-/m1/s1. The van der Waals surface area contributed by atoms with Crippen LogP contribution < -0.4 is 4.98 Å². The van der Waals surface area contributed by atoms with Gasteiger partial charge in [-0.1, -0.05) is 30.3 Å². The van der Waals surface area contributed by atoms with Crippen molar-refractivity contribution in [3.63, 3.8) is 0 Å². The van der Waals surface area contributed by atoms with Crippen LogP contribution in [0.15, 0.2) is 48.8 Å². The van der Waals surface area contributed by atoms with Crippen molar-refractivity contribution in [2.45, 2.75) is 12.3 Å². The molecule has 0 amide bonds. The lowest BCUT2D eigenvalue weighted by Crippen LogP contribution is -2.06. The minimum atomic E-state index is 0.304. The molecule has 2 aromatic heterocycles. The Hall–Kier alpha value is -1.81. The number of imidazole rings is 1. The van der Waals surface area contributed by atoms with Gasteiger partial charge in [-0.05, 0) is 12.0 Å². The molecule has 0 saturated heterocycles. The number of fused-ring (bicyclic) bond motifs is 1. The van der Waals surface area contributed by atoms with Crippen molar-refractivity contribution in [3.05, 3.63) is 60.2 Å². The number of benzene rings is 1. The quantitative estimate of drug-likeness (QED) is 0.703. The fourth-order valence-corrected chi connectivity index (χ4v) is 2.56. The number of rotatable bonds is 4. The summed E-state index contributed by atoms with van der Waals surface area (Å²) in [5, 5.41) is 0. The number of H-pyrrole nitrogens is 2. The first kappa shape index (κ1) is 12.2. The van der Waals surface area contributed by atoms with Gasteiger partial charge in [-0.2, -0.15) is 12.6 Å². The third kappa shape index (κ3) is 2.63. The van der Waals surface area contributed by atoms with E-state index in [1.54, 1.807) is 0 Å². The highest BCUT2D eigenvalue weighted by Gasteiger charge is 2.15. The highest BCUT2D eigenvalue weighted by Crippen LogP contribution is 2.22. The van der Waals surface area contributed by atoms with Crippen LogP contribution in [0.1, 0.15) is 17.3 Å². The summed E-state index contributed by atoms with van der Waals surface area (Å²) in [6.07, 6.45) is 4.78. The summed E-state index contributed by atoms with van der Waals surface area (Å²) >= 11 is 4.47. The van der Waals surface area contributed by atoms with E-state index in [1.807, 2.05) is 24.5 Å². The maximum absolute atomic E-state index is 4.66. The molecule has 19 heavy (non-hydrogen) atoms. The minimum absolute atomic E-state index is 0.304. The maximum atomic E-state index is 4.66. The van der Waals surface area contributed by atoms with Gasteiger partial charge < -0.3 is 4.98 Å². The minimum Gasteiger partial charge on any atom is -0.337 e. The third-order valence-corrected chi connectivity index (χ3v) is 3.72. The molecule has 0 unspecified atom stereocenters. The van der Waals surface area contributed by atoms with Crippen LogP contribution in [0.25, 0.3) is 11.0 Å². The van der Waals surface area contributed by atoms with Crippen LogP contribution in [-0.4, -0.2) is 15.7 Å². The lowest BCUT2D eigenvalue weighted by atomic mass is 10.0. The lowest BCUT2D eigenvalue weighted by Gasteiger charge is -2.11. The maximum Gasteiger partial charge on any atom is 0.193 e. The molecule has 0 spiro atoms. The Balaban J connectivity index is 1.89. The van der Waals surface area contributed by atoms with Crippen molar-refractivity contribution < 1.29 is 4.98 Å². The summed E-state index contributed by atoms with van der Waals surface area (Å²) in [4.78, 5) is 11.1. The molecule has 0 bridgehead atoms. The van der Waals surface area contributed by atoms with Gasteiger partial charge in [0.2, 0.25) is 0 Å². The van der Waals surface area contributed by atoms with E-state index in [4.69, 9.17) is 0 Å². The zero-order valence-corrected chi connectivity index (χ0v) is 11.4. The summed E-state index contributed by atoms with van der Waals surface area (Å²) < 4.78 is 0. The van der Waals surface area contributed by atoms with Crippen LogP contribution in [0, 0.1) is 0 Å². The summed E-state index contributed by atoms with van der Waals surface area (Å²) in [5.74, 6) is 2.09. The molecule has 96 valence electrons. The van der Waals surface area contributed by atoms with E-state index < -0.39 is 0 Å². The van der Waals surface area contributed by atoms with Crippen LogP contribution in [0.2, 0.25) is 0 Å². The number of pyridine rings is 1. The largest absolute Gasteiger partial charge is 0.337 e. The zero-order valence-electron chi connectivity index (χ0n) is 10.5. The zero-order chi connectivity index (χ0) is 13.1. The van der Waals surface area contributed by atoms with E-state index in [0.717, 1.165) is 29.0 Å². The third-order valence-electron chi connectivity index (χ3n) is 3.28. The Bertz CT molecular complexity index is 630. The van der Waals surface area contributed by atoms with Crippen molar-refractivity contribution in [2.75, 3.05) is 5.75 Å². The molecule has 3 rings (SSSR count). The van der Waals surface area contributed by atoms with Gasteiger partial charge in [0, 0.05) is 17.7 Å². The molecule has 0 fully saturated rings. The van der Waals surface area contributed by atoms with Crippen LogP contribution >= 0.6 is 12.6 Å². The van der Waals surface area contributed by atoms with Crippen LogP contribution in [0.4, 0.5) is 0 Å². The van der Waals surface area contributed by atoms with Crippen molar-refractivity contribution >= 4 is 23.7 Å². The second-order valence-electron chi connectivity index (χ2n) is 4.63. The lowest BCUT2D eigenvalue weighted by molar-refractivity contribution is -0.376. The summed E-state index contributed by atoms with van der Waals surface area (Å²) in [6.45, 7) is 0.